The fourth-order valence-electron chi connectivity index (χ4n) is 2.88. The maximum Gasteiger partial charge on any atom is 0.345 e. The van der Waals surface area contributed by atoms with E-state index in [9.17, 15) is 9.59 Å². The molecule has 2 aliphatic rings. The van der Waals surface area contributed by atoms with Crippen LogP contribution in [-0.4, -0.2) is 58.7 Å². The number of nitrogens with zero attached hydrogens (tertiary/aromatic N) is 1. The van der Waals surface area contributed by atoms with E-state index in [1.165, 1.54) is 6.07 Å². The molecule has 0 aromatic carbocycles. The molecule has 3 heterocycles. The van der Waals surface area contributed by atoms with Crippen molar-refractivity contribution < 1.29 is 19.4 Å². The number of carbonyl (C=O) groups excluding carboxylic acids is 1. The quantitative estimate of drug-likeness (QED) is 0.891. The summed E-state index contributed by atoms with van der Waals surface area (Å²) in [5, 5.41) is 9.02. The Labute approximate surface area is 137 Å². The first-order valence-electron chi connectivity index (χ1n) is 7.48. The first-order valence-corrected chi connectivity index (χ1v) is 9.45. The normalized spacial score (nSPS) is 24.5. The number of carbonyl (C=O) groups is 2. The number of thiophene rings is 1. The van der Waals surface area contributed by atoms with Crippen LogP contribution in [0.25, 0.3) is 0 Å². The Morgan fingerprint density at radius 2 is 2.14 bits per heavy atom. The highest BCUT2D eigenvalue weighted by Gasteiger charge is 2.32. The molecule has 120 valence electrons. The lowest BCUT2D eigenvalue weighted by atomic mass is 10.1. The zero-order chi connectivity index (χ0) is 15.5. The van der Waals surface area contributed by atoms with E-state index in [-0.39, 0.29) is 22.9 Å². The molecule has 2 saturated heterocycles. The third-order valence-electron chi connectivity index (χ3n) is 4.06. The van der Waals surface area contributed by atoms with E-state index in [1.807, 2.05) is 16.7 Å². The molecule has 5 nitrogen and oxygen atoms in total. The van der Waals surface area contributed by atoms with E-state index in [1.54, 1.807) is 6.07 Å². The first kappa shape index (κ1) is 15.8. The second-order valence-electron chi connectivity index (χ2n) is 5.58. The average molecular weight is 341 g/mol. The molecule has 0 radical (unpaired) electrons. The van der Waals surface area contributed by atoms with E-state index < -0.39 is 5.97 Å². The number of aromatic carboxylic acids is 1. The lowest BCUT2D eigenvalue weighted by Crippen LogP contribution is -2.44. The fourth-order valence-corrected chi connectivity index (χ4v) is 4.91. The molecule has 0 unspecified atom stereocenters. The Hall–Kier alpha value is -1.05. The smallest absolute Gasteiger partial charge is 0.345 e. The fraction of sp³-hybridized carbons (Fsp3) is 0.600. The number of rotatable bonds is 5. The van der Waals surface area contributed by atoms with Crippen molar-refractivity contribution in [3.05, 3.63) is 21.9 Å². The van der Waals surface area contributed by atoms with Crippen LogP contribution in [0.1, 0.15) is 38.6 Å². The van der Waals surface area contributed by atoms with Crippen molar-refractivity contribution in [2.24, 2.45) is 0 Å². The van der Waals surface area contributed by atoms with Gasteiger partial charge < -0.3 is 14.7 Å². The van der Waals surface area contributed by atoms with Gasteiger partial charge in [0.15, 0.2) is 0 Å². The molecule has 22 heavy (non-hydrogen) atoms. The van der Waals surface area contributed by atoms with Gasteiger partial charge in [0.1, 0.15) is 4.88 Å². The Bertz CT molecular complexity index is 547. The van der Waals surface area contributed by atoms with Crippen molar-refractivity contribution in [1.82, 2.24) is 4.90 Å². The topological polar surface area (TPSA) is 66.8 Å². The van der Waals surface area contributed by atoms with Crippen molar-refractivity contribution in [3.63, 3.8) is 0 Å². The summed E-state index contributed by atoms with van der Waals surface area (Å²) in [5.74, 6) is 0.993. The molecule has 1 amide bonds. The Morgan fingerprint density at radius 3 is 2.73 bits per heavy atom. The van der Waals surface area contributed by atoms with Gasteiger partial charge in [-0.05, 0) is 37.1 Å². The molecule has 0 bridgehead atoms. The molecule has 0 aliphatic carbocycles. The molecule has 3 rings (SSSR count). The summed E-state index contributed by atoms with van der Waals surface area (Å²) in [7, 11) is 0. The number of thioether (sulfide) groups is 1. The van der Waals surface area contributed by atoms with Gasteiger partial charge in [0.2, 0.25) is 0 Å². The third kappa shape index (κ3) is 3.47. The van der Waals surface area contributed by atoms with E-state index >= 15 is 0 Å². The van der Waals surface area contributed by atoms with Crippen molar-refractivity contribution in [2.45, 2.75) is 31.4 Å². The highest BCUT2D eigenvalue weighted by molar-refractivity contribution is 7.99. The number of carboxylic acids is 1. The minimum absolute atomic E-state index is 0.0551. The van der Waals surface area contributed by atoms with E-state index in [0.717, 1.165) is 48.7 Å². The molecule has 1 N–H and O–H groups in total. The minimum Gasteiger partial charge on any atom is -0.477 e. The Morgan fingerprint density at radius 1 is 1.32 bits per heavy atom. The number of carboxylic acid groups (broad SMARTS) is 1. The summed E-state index contributed by atoms with van der Waals surface area (Å²) < 4.78 is 5.68. The maximum absolute atomic E-state index is 12.8. The predicted molar refractivity (Wildman–Crippen MR) is 87.0 cm³/mol. The van der Waals surface area contributed by atoms with E-state index in [2.05, 4.69) is 0 Å². The van der Waals surface area contributed by atoms with Gasteiger partial charge >= 0.3 is 5.97 Å². The van der Waals surface area contributed by atoms with Crippen LogP contribution in [0.2, 0.25) is 0 Å². The lowest BCUT2D eigenvalue weighted by molar-refractivity contribution is 0.0445. The van der Waals surface area contributed by atoms with Crippen molar-refractivity contribution >= 4 is 35.0 Å². The van der Waals surface area contributed by atoms with E-state index in [0.29, 0.717) is 11.4 Å². The van der Waals surface area contributed by atoms with Crippen LogP contribution < -0.4 is 0 Å². The van der Waals surface area contributed by atoms with Gasteiger partial charge in [0.05, 0.1) is 11.0 Å². The summed E-state index contributed by atoms with van der Waals surface area (Å²) in [5.41, 5.74) is 0. The first-order chi connectivity index (χ1) is 10.6. The monoisotopic (exact) mass is 341 g/mol. The molecule has 1 aromatic heterocycles. The summed E-state index contributed by atoms with van der Waals surface area (Å²) in [6.07, 6.45) is 3.16. The van der Waals surface area contributed by atoms with Crippen LogP contribution in [0.3, 0.4) is 0 Å². The molecule has 7 heteroatoms. The standard InChI is InChI=1S/C15H19NO4S2/c17-14(12-3-4-13(22-12)15(18)19)16(10-5-7-21-9-10)8-11-2-1-6-20-11/h3-4,10-11H,1-2,5-9H2,(H,18,19)/t10-,11-/m1/s1. The van der Waals surface area contributed by atoms with Crippen molar-refractivity contribution in [2.75, 3.05) is 24.7 Å². The predicted octanol–water partition coefficient (Wildman–Crippen LogP) is 2.57. The van der Waals surface area contributed by atoms with Gasteiger partial charge in [-0.2, -0.15) is 11.8 Å². The van der Waals surface area contributed by atoms with Crippen molar-refractivity contribution in [1.29, 1.82) is 0 Å². The van der Waals surface area contributed by atoms with Crippen LogP contribution >= 0.6 is 23.1 Å². The van der Waals surface area contributed by atoms with Crippen molar-refractivity contribution in [3.8, 4) is 0 Å². The lowest BCUT2D eigenvalue weighted by Gasteiger charge is -2.30. The highest BCUT2D eigenvalue weighted by Crippen LogP contribution is 2.27. The van der Waals surface area contributed by atoms with Gasteiger partial charge in [0.25, 0.3) is 5.91 Å². The molecule has 2 atom stereocenters. The zero-order valence-corrected chi connectivity index (χ0v) is 13.8. The summed E-state index contributed by atoms with van der Waals surface area (Å²) in [6.45, 7) is 1.39. The van der Waals surface area contributed by atoms with Crippen LogP contribution in [0.5, 0.6) is 0 Å². The summed E-state index contributed by atoms with van der Waals surface area (Å²) >= 11 is 2.92. The minimum atomic E-state index is -0.980. The molecule has 0 saturated carbocycles. The molecule has 2 aliphatic heterocycles. The molecule has 2 fully saturated rings. The SMILES string of the molecule is O=C(O)c1ccc(C(=O)N(C[C@H]2CCCO2)[C@@H]2CCSC2)s1. The van der Waals surface area contributed by atoms with Gasteiger partial charge in [0, 0.05) is 24.9 Å². The maximum atomic E-state index is 12.8. The van der Waals surface area contributed by atoms with Crippen LogP contribution in [-0.2, 0) is 4.74 Å². The molecule has 1 aromatic rings. The summed E-state index contributed by atoms with van der Waals surface area (Å²) in [6, 6.07) is 3.37. The van der Waals surface area contributed by atoms with E-state index in [4.69, 9.17) is 9.84 Å². The van der Waals surface area contributed by atoms with Crippen LogP contribution in [0.15, 0.2) is 12.1 Å². The number of hydrogen-bond donors (Lipinski definition) is 1. The van der Waals surface area contributed by atoms with Gasteiger partial charge in [-0.1, -0.05) is 0 Å². The van der Waals surface area contributed by atoms with Gasteiger partial charge in [-0.3, -0.25) is 4.79 Å². The third-order valence-corrected chi connectivity index (χ3v) is 6.27. The summed E-state index contributed by atoms with van der Waals surface area (Å²) in [4.78, 5) is 26.5. The van der Waals surface area contributed by atoms with Gasteiger partial charge in [-0.15, -0.1) is 11.3 Å². The second-order valence-corrected chi connectivity index (χ2v) is 7.81. The number of amides is 1. The second kappa shape index (κ2) is 7.02. The highest BCUT2D eigenvalue weighted by atomic mass is 32.2. The Balaban J connectivity index is 1.76. The van der Waals surface area contributed by atoms with Crippen LogP contribution in [0.4, 0.5) is 0 Å². The number of hydrogen-bond acceptors (Lipinski definition) is 5. The molecule has 0 spiro atoms. The Kier molecular flexibility index (Phi) is 5.05. The largest absolute Gasteiger partial charge is 0.477 e. The molecular weight excluding hydrogens is 322 g/mol. The average Bonchev–Trinajstić information content (AvgIpc) is 3.24. The zero-order valence-electron chi connectivity index (χ0n) is 12.2. The van der Waals surface area contributed by atoms with Gasteiger partial charge in [-0.25, -0.2) is 4.79 Å². The molecular formula is C15H19NO4S2. The number of ether oxygens (including phenoxy) is 1. The van der Waals surface area contributed by atoms with Crippen LogP contribution in [0, 0.1) is 0 Å².